The van der Waals surface area contributed by atoms with Gasteiger partial charge < -0.3 is 35.7 Å². The Kier molecular flexibility index (Phi) is 13.9. The molecule has 1 unspecified atom stereocenters. The molecule has 4 aliphatic rings. The number of fused-ring (bicyclic) bond motifs is 5. The molecule has 0 heterocycles. The molecular weight excluding hydrogens is 716 g/mol. The molecule has 4 aliphatic carbocycles. The number of thiocarbonyl (C=S) groups is 1. The van der Waals surface area contributed by atoms with E-state index in [1.807, 2.05) is 0 Å². The third-order valence-electron chi connectivity index (χ3n) is 11.5. The summed E-state index contributed by atoms with van der Waals surface area (Å²) in [4.78, 5) is 0. The van der Waals surface area contributed by atoms with E-state index in [0.29, 0.717) is 35.0 Å². The zero-order chi connectivity index (χ0) is 25.5. The topological polar surface area (TPSA) is 70.6 Å². The predicted octanol–water partition coefficient (Wildman–Crippen LogP) is 0.685. The van der Waals surface area contributed by atoms with Gasteiger partial charge in [0.05, 0.1) is 6.10 Å². The molecule has 0 aromatic heterocycles. The number of rotatable bonds is 6. The Balaban J connectivity index is 0.00000241. The van der Waals surface area contributed by atoms with Gasteiger partial charge in [0.25, 0.3) is 0 Å². The van der Waals surface area contributed by atoms with Crippen LogP contribution in [0, 0.1) is 58.2 Å². The molecule has 0 radical (unpaired) electrons. The fourth-order valence-electron chi connectivity index (χ4n) is 9.48. The van der Waals surface area contributed by atoms with Crippen LogP contribution in [0.15, 0.2) is 17.3 Å². The molecule has 4 fully saturated rings. The third kappa shape index (κ3) is 6.86. The first-order chi connectivity index (χ1) is 16.5. The second-order valence-corrected chi connectivity index (χ2v) is 13.9. The fourth-order valence-corrected chi connectivity index (χ4v) is 9.53. The SMILES string of the molecule is CC[C@@H](/C=C/[C@@H](C)[C@H]1CC[C@H]2[C@@H]3C/C(=N\NC(N)=S)C4C[C@@H](O)CC[C@]4(C)[C@H]3CC[C@]12C)C(C)C.[Cl-].[Cl-].[Pt+2]. The Labute approximate surface area is 264 Å². The maximum Gasteiger partial charge on any atom is 2.00 e. The summed E-state index contributed by atoms with van der Waals surface area (Å²) in [6.07, 6.45) is 15.4. The number of allylic oxidation sites excluding steroid dienone is 2. The van der Waals surface area contributed by atoms with Gasteiger partial charge in [-0.3, -0.25) is 5.43 Å². The first-order valence-corrected chi connectivity index (χ1v) is 14.9. The van der Waals surface area contributed by atoms with Gasteiger partial charge in [0.1, 0.15) is 0 Å². The van der Waals surface area contributed by atoms with E-state index in [2.05, 4.69) is 59.1 Å². The van der Waals surface area contributed by atoms with Crippen molar-refractivity contribution in [1.82, 2.24) is 5.43 Å². The van der Waals surface area contributed by atoms with Gasteiger partial charge >= 0.3 is 21.1 Å². The van der Waals surface area contributed by atoms with Crippen LogP contribution < -0.4 is 36.0 Å². The zero-order valence-electron chi connectivity index (χ0n) is 24.2. The van der Waals surface area contributed by atoms with Crippen LogP contribution in [0.1, 0.15) is 99.3 Å². The Morgan fingerprint density at radius 3 is 2.32 bits per heavy atom. The van der Waals surface area contributed by atoms with Crippen molar-refractivity contribution < 1.29 is 51.0 Å². The summed E-state index contributed by atoms with van der Waals surface area (Å²) in [6, 6.07) is 0. The normalized spacial score (nSPS) is 40.6. The van der Waals surface area contributed by atoms with E-state index >= 15 is 0 Å². The molecular formula is C30H51Cl2N3OPtS. The zero-order valence-corrected chi connectivity index (χ0v) is 28.8. The van der Waals surface area contributed by atoms with Crippen LogP contribution in [-0.4, -0.2) is 22.0 Å². The molecule has 4 saturated carbocycles. The molecule has 4 nitrogen and oxygen atoms in total. The minimum absolute atomic E-state index is 0. The Morgan fingerprint density at radius 1 is 1.08 bits per heavy atom. The maximum absolute atomic E-state index is 10.6. The van der Waals surface area contributed by atoms with E-state index < -0.39 is 0 Å². The monoisotopic (exact) mass is 766 g/mol. The van der Waals surface area contributed by atoms with Gasteiger partial charge in [0, 0.05) is 11.6 Å². The number of halogens is 2. The van der Waals surface area contributed by atoms with E-state index in [1.54, 1.807) is 0 Å². The number of hydrogen-bond donors (Lipinski definition) is 3. The van der Waals surface area contributed by atoms with Crippen molar-refractivity contribution in [3.8, 4) is 0 Å². The summed E-state index contributed by atoms with van der Waals surface area (Å²) in [5, 5.41) is 15.6. The minimum atomic E-state index is -0.213. The van der Waals surface area contributed by atoms with E-state index in [9.17, 15) is 5.11 Å². The summed E-state index contributed by atoms with van der Waals surface area (Å²) < 4.78 is 0. The van der Waals surface area contributed by atoms with Crippen LogP contribution in [0.4, 0.5) is 0 Å². The van der Waals surface area contributed by atoms with Crippen molar-refractivity contribution in [3.63, 3.8) is 0 Å². The molecule has 38 heavy (non-hydrogen) atoms. The molecule has 0 spiro atoms. The van der Waals surface area contributed by atoms with Crippen LogP contribution in [-0.2, 0) is 21.1 Å². The number of hydrazone groups is 1. The number of nitrogens with zero attached hydrogens (tertiary/aromatic N) is 1. The number of hydrogen-bond acceptors (Lipinski definition) is 3. The molecule has 0 aliphatic heterocycles. The molecule has 222 valence electrons. The summed E-state index contributed by atoms with van der Waals surface area (Å²) in [7, 11) is 0. The van der Waals surface area contributed by atoms with Gasteiger partial charge in [0.2, 0.25) is 0 Å². The standard InChI is InChI=1S/C30H51N3OS.2ClH.Pt/c1-7-20(18(2)3)9-8-19(4)23-10-11-24-22-17-27(32-33-28(31)35)26-16-21(34)12-14-30(26,6)25(22)13-15-29(23,24)5;;;/h8-9,18-26,34H,7,10-17H2,1-6H3,(H3,31,33,35);2*1H;/q;;;+2/p-2/b9-8+,32-27+;;;/t19-,20+,21+,22+,23-,24+,25+,26?,29-,30-;;;/m1.../s1. The largest absolute Gasteiger partial charge is 2.00 e. The molecule has 0 bridgehead atoms. The molecule has 8 heteroatoms. The summed E-state index contributed by atoms with van der Waals surface area (Å²) in [6.45, 7) is 14.6. The van der Waals surface area contributed by atoms with Gasteiger partial charge in [-0.15, -0.1) is 0 Å². The van der Waals surface area contributed by atoms with E-state index in [0.717, 1.165) is 43.4 Å². The number of aliphatic hydroxyl groups excluding tert-OH is 1. The van der Waals surface area contributed by atoms with Gasteiger partial charge in [-0.05, 0) is 122 Å². The quantitative estimate of drug-likeness (QED) is 0.212. The molecule has 0 amide bonds. The van der Waals surface area contributed by atoms with Crippen LogP contribution in [0.2, 0.25) is 0 Å². The average Bonchev–Trinajstić information content (AvgIpc) is 3.15. The fraction of sp³-hybridized carbons (Fsp3) is 0.867. The minimum Gasteiger partial charge on any atom is -1.00 e. The third-order valence-corrected chi connectivity index (χ3v) is 11.5. The molecule has 10 atom stereocenters. The number of nitrogens with two attached hydrogens (primary N) is 1. The van der Waals surface area contributed by atoms with E-state index in [1.165, 1.54) is 37.8 Å². The van der Waals surface area contributed by atoms with Crippen molar-refractivity contribution in [2.24, 2.45) is 69.0 Å². The van der Waals surface area contributed by atoms with E-state index in [-0.39, 0.29) is 62.5 Å². The molecule has 0 aromatic carbocycles. The molecule has 0 saturated heterocycles. The van der Waals surface area contributed by atoms with Crippen molar-refractivity contribution in [2.45, 2.75) is 105 Å². The van der Waals surface area contributed by atoms with Crippen LogP contribution in [0.25, 0.3) is 0 Å². The molecule has 4 N–H and O–H groups in total. The Morgan fingerprint density at radius 2 is 1.71 bits per heavy atom. The number of nitrogens with one attached hydrogen (secondary N) is 1. The molecule has 4 rings (SSSR count). The molecule has 0 aromatic rings. The van der Waals surface area contributed by atoms with Crippen molar-refractivity contribution in [3.05, 3.63) is 12.2 Å². The Hall–Kier alpha value is 0.328. The van der Waals surface area contributed by atoms with Gasteiger partial charge in [0.15, 0.2) is 5.11 Å². The first kappa shape index (κ1) is 36.4. The van der Waals surface area contributed by atoms with Gasteiger partial charge in [-0.25, -0.2) is 0 Å². The second-order valence-electron chi connectivity index (χ2n) is 13.4. The van der Waals surface area contributed by atoms with Crippen LogP contribution in [0.5, 0.6) is 0 Å². The second kappa shape index (κ2) is 14.5. The van der Waals surface area contributed by atoms with Gasteiger partial charge in [-0.1, -0.05) is 53.7 Å². The number of aliphatic hydroxyl groups is 1. The Bertz CT molecular complexity index is 857. The summed E-state index contributed by atoms with van der Waals surface area (Å²) in [5.41, 5.74) is 10.5. The predicted molar refractivity (Wildman–Crippen MR) is 151 cm³/mol. The van der Waals surface area contributed by atoms with Crippen LogP contribution >= 0.6 is 12.2 Å². The average molecular weight is 768 g/mol. The van der Waals surface area contributed by atoms with E-state index in [4.69, 9.17) is 23.1 Å². The van der Waals surface area contributed by atoms with Crippen molar-refractivity contribution in [1.29, 1.82) is 0 Å². The summed E-state index contributed by atoms with van der Waals surface area (Å²) >= 11 is 5.08. The smallest absolute Gasteiger partial charge is 1.00 e. The summed E-state index contributed by atoms with van der Waals surface area (Å²) in [5.74, 6) is 5.31. The van der Waals surface area contributed by atoms with Crippen molar-refractivity contribution >= 4 is 23.0 Å². The van der Waals surface area contributed by atoms with Crippen molar-refractivity contribution in [2.75, 3.05) is 0 Å². The maximum atomic E-state index is 10.6. The van der Waals surface area contributed by atoms with Crippen LogP contribution in [0.3, 0.4) is 0 Å². The van der Waals surface area contributed by atoms with Gasteiger partial charge in [-0.2, -0.15) is 5.10 Å². The first-order valence-electron chi connectivity index (χ1n) is 14.5.